The maximum atomic E-state index is 11.7. The lowest BCUT2D eigenvalue weighted by Gasteiger charge is -2.25. The summed E-state index contributed by atoms with van der Waals surface area (Å²) in [7, 11) is 0. The molecule has 6 nitrogen and oxygen atoms in total. The molecule has 1 amide bonds. The highest BCUT2D eigenvalue weighted by Crippen LogP contribution is 2.21. The van der Waals surface area contributed by atoms with Gasteiger partial charge in [-0.1, -0.05) is 0 Å². The second kappa shape index (κ2) is 4.29. The van der Waals surface area contributed by atoms with E-state index in [1.165, 1.54) is 0 Å². The summed E-state index contributed by atoms with van der Waals surface area (Å²) in [5, 5.41) is 18.2. The number of likely N-dealkylation sites (tertiary alicyclic amines) is 1. The van der Waals surface area contributed by atoms with Gasteiger partial charge in [-0.25, -0.2) is 9.59 Å². The molecule has 1 saturated heterocycles. The van der Waals surface area contributed by atoms with Crippen molar-refractivity contribution in [1.82, 2.24) is 4.90 Å². The molecular weight excluding hydrogens is 214 g/mol. The minimum atomic E-state index is -1.22. The highest BCUT2D eigenvalue weighted by atomic mass is 16.6. The highest BCUT2D eigenvalue weighted by Gasteiger charge is 2.41. The molecule has 0 saturated carbocycles. The molecule has 1 aliphatic rings. The molecule has 2 N–H and O–H groups in total. The van der Waals surface area contributed by atoms with Crippen LogP contribution in [-0.2, 0) is 9.53 Å². The first-order valence-electron chi connectivity index (χ1n) is 5.11. The van der Waals surface area contributed by atoms with E-state index in [0.717, 1.165) is 4.90 Å². The van der Waals surface area contributed by atoms with Crippen molar-refractivity contribution in [2.24, 2.45) is 0 Å². The van der Waals surface area contributed by atoms with Crippen molar-refractivity contribution in [2.45, 2.75) is 44.9 Å². The molecule has 6 heteroatoms. The first-order valence-corrected chi connectivity index (χ1v) is 5.11. The third-order valence-corrected chi connectivity index (χ3v) is 2.20. The summed E-state index contributed by atoms with van der Waals surface area (Å²) in [5.74, 6) is -0.605. The van der Waals surface area contributed by atoms with Crippen LogP contribution >= 0.6 is 0 Å². The Labute approximate surface area is 93.8 Å². The standard InChI is InChI=1S/C10H17NO5/c1-10(2,3)16-8(13)7-4-6(12)5-11(7)9(14)15/h6-7,12H,4-5H2,1-3H3,(H,14,15)/t6-,7-/m1/s1. The second-order valence-electron chi connectivity index (χ2n) is 4.87. The van der Waals surface area contributed by atoms with Crippen molar-refractivity contribution >= 4 is 12.1 Å². The first-order chi connectivity index (χ1) is 7.20. The second-order valence-corrected chi connectivity index (χ2v) is 4.87. The van der Waals surface area contributed by atoms with E-state index in [2.05, 4.69) is 0 Å². The Bertz CT molecular complexity index is 296. The van der Waals surface area contributed by atoms with E-state index in [1.807, 2.05) is 0 Å². The van der Waals surface area contributed by atoms with Crippen LogP contribution in [0.4, 0.5) is 4.79 Å². The number of esters is 1. The van der Waals surface area contributed by atoms with E-state index in [-0.39, 0.29) is 13.0 Å². The average Bonchev–Trinajstić information content (AvgIpc) is 2.44. The summed E-state index contributed by atoms with van der Waals surface area (Å²) >= 11 is 0. The van der Waals surface area contributed by atoms with Gasteiger partial charge in [0.25, 0.3) is 0 Å². The molecule has 0 aromatic heterocycles. The molecule has 1 aliphatic heterocycles. The molecule has 0 aliphatic carbocycles. The van der Waals surface area contributed by atoms with Crippen LogP contribution in [0.25, 0.3) is 0 Å². The van der Waals surface area contributed by atoms with Gasteiger partial charge >= 0.3 is 12.1 Å². The smallest absolute Gasteiger partial charge is 0.408 e. The number of nitrogens with zero attached hydrogens (tertiary/aromatic N) is 1. The number of aliphatic hydroxyl groups excluding tert-OH is 1. The highest BCUT2D eigenvalue weighted by molar-refractivity contribution is 5.81. The number of rotatable bonds is 1. The Balaban J connectivity index is 2.71. The first kappa shape index (κ1) is 12.8. The third-order valence-electron chi connectivity index (χ3n) is 2.20. The van der Waals surface area contributed by atoms with E-state index >= 15 is 0 Å². The molecule has 0 spiro atoms. The van der Waals surface area contributed by atoms with Gasteiger partial charge in [0.1, 0.15) is 11.6 Å². The van der Waals surface area contributed by atoms with Crippen LogP contribution in [0.15, 0.2) is 0 Å². The number of ether oxygens (including phenoxy) is 1. The molecule has 1 heterocycles. The summed E-state index contributed by atoms with van der Waals surface area (Å²) in [5.41, 5.74) is -0.658. The molecule has 1 fully saturated rings. The third kappa shape index (κ3) is 3.10. The summed E-state index contributed by atoms with van der Waals surface area (Å²) in [6.07, 6.45) is -1.91. The summed E-state index contributed by atoms with van der Waals surface area (Å²) < 4.78 is 5.10. The fourth-order valence-electron chi connectivity index (χ4n) is 1.62. The lowest BCUT2D eigenvalue weighted by Crippen LogP contribution is -2.42. The van der Waals surface area contributed by atoms with Gasteiger partial charge in [0.05, 0.1) is 12.6 Å². The van der Waals surface area contributed by atoms with Crippen molar-refractivity contribution in [1.29, 1.82) is 0 Å². The topological polar surface area (TPSA) is 87.1 Å². The van der Waals surface area contributed by atoms with Crippen molar-refractivity contribution < 1.29 is 24.5 Å². The lowest BCUT2D eigenvalue weighted by atomic mass is 10.1. The Kier molecular flexibility index (Phi) is 3.42. The van der Waals surface area contributed by atoms with Crippen molar-refractivity contribution in [3.63, 3.8) is 0 Å². The zero-order chi connectivity index (χ0) is 12.5. The number of aliphatic hydroxyl groups is 1. The predicted octanol–water partition coefficient (Wildman–Crippen LogP) is 0.441. The van der Waals surface area contributed by atoms with Crippen LogP contribution in [0.3, 0.4) is 0 Å². The van der Waals surface area contributed by atoms with Crippen LogP contribution in [0.1, 0.15) is 27.2 Å². The number of carboxylic acid groups (broad SMARTS) is 1. The molecule has 0 radical (unpaired) electrons. The van der Waals surface area contributed by atoms with E-state index in [9.17, 15) is 14.7 Å². The summed E-state index contributed by atoms with van der Waals surface area (Å²) in [4.78, 5) is 23.4. The summed E-state index contributed by atoms with van der Waals surface area (Å²) in [6.45, 7) is 5.09. The zero-order valence-corrected chi connectivity index (χ0v) is 9.64. The quantitative estimate of drug-likeness (QED) is 0.639. The monoisotopic (exact) mass is 231 g/mol. The molecule has 0 aromatic rings. The molecular formula is C10H17NO5. The van der Waals surface area contributed by atoms with Crippen LogP contribution in [0.5, 0.6) is 0 Å². The Hall–Kier alpha value is -1.30. The minimum absolute atomic E-state index is 0.0424. The SMILES string of the molecule is CC(C)(C)OC(=O)[C@H]1C[C@@H](O)CN1C(=O)O. The van der Waals surface area contributed by atoms with Gasteiger partial charge in [-0.05, 0) is 20.8 Å². The van der Waals surface area contributed by atoms with Gasteiger partial charge in [0.2, 0.25) is 0 Å². The number of amides is 1. The van der Waals surface area contributed by atoms with Gasteiger partial charge in [0, 0.05) is 6.42 Å². The van der Waals surface area contributed by atoms with E-state index in [1.54, 1.807) is 20.8 Å². The van der Waals surface area contributed by atoms with Crippen molar-refractivity contribution in [3.05, 3.63) is 0 Å². The largest absolute Gasteiger partial charge is 0.465 e. The maximum Gasteiger partial charge on any atom is 0.408 e. The van der Waals surface area contributed by atoms with Gasteiger partial charge in [-0.3, -0.25) is 4.90 Å². The molecule has 0 aromatic carbocycles. The predicted molar refractivity (Wildman–Crippen MR) is 55.0 cm³/mol. The van der Waals surface area contributed by atoms with Crippen LogP contribution in [0.2, 0.25) is 0 Å². The Morgan fingerprint density at radius 1 is 1.38 bits per heavy atom. The van der Waals surface area contributed by atoms with Crippen LogP contribution in [0, 0.1) is 0 Å². The van der Waals surface area contributed by atoms with Crippen molar-refractivity contribution in [2.75, 3.05) is 6.54 Å². The van der Waals surface area contributed by atoms with Gasteiger partial charge in [-0.2, -0.15) is 0 Å². The molecule has 1 rings (SSSR count). The maximum absolute atomic E-state index is 11.7. The Morgan fingerprint density at radius 3 is 2.38 bits per heavy atom. The number of hydrogen-bond acceptors (Lipinski definition) is 4. The Morgan fingerprint density at radius 2 is 1.94 bits per heavy atom. The molecule has 2 atom stereocenters. The molecule has 0 bridgehead atoms. The average molecular weight is 231 g/mol. The fraction of sp³-hybridized carbons (Fsp3) is 0.800. The molecule has 92 valence electrons. The fourth-order valence-corrected chi connectivity index (χ4v) is 1.62. The van der Waals surface area contributed by atoms with Crippen LogP contribution < -0.4 is 0 Å². The van der Waals surface area contributed by atoms with E-state index in [0.29, 0.717) is 0 Å². The zero-order valence-electron chi connectivity index (χ0n) is 9.64. The van der Waals surface area contributed by atoms with Crippen molar-refractivity contribution in [3.8, 4) is 0 Å². The minimum Gasteiger partial charge on any atom is -0.465 e. The van der Waals surface area contributed by atoms with Crippen LogP contribution in [-0.4, -0.2) is 51.5 Å². The summed E-state index contributed by atoms with van der Waals surface area (Å²) in [6, 6.07) is -0.897. The number of carbonyl (C=O) groups excluding carboxylic acids is 1. The van der Waals surface area contributed by atoms with Gasteiger partial charge in [-0.15, -0.1) is 0 Å². The van der Waals surface area contributed by atoms with Gasteiger partial charge < -0.3 is 14.9 Å². The number of hydrogen-bond donors (Lipinski definition) is 2. The van der Waals surface area contributed by atoms with Gasteiger partial charge in [0.15, 0.2) is 0 Å². The van der Waals surface area contributed by atoms with E-state index < -0.39 is 29.8 Å². The van der Waals surface area contributed by atoms with E-state index in [4.69, 9.17) is 9.84 Å². The normalized spacial score (nSPS) is 25.6. The molecule has 16 heavy (non-hydrogen) atoms. The lowest BCUT2D eigenvalue weighted by molar-refractivity contribution is -0.159. The molecule has 0 unspecified atom stereocenters. The number of carbonyl (C=O) groups is 2. The number of β-amino-alcohol motifs (C(OH)–C–C–N with tert-alkyl or cyclic N) is 1.